The Balaban J connectivity index is 0. The van der Waals surface area contributed by atoms with Crippen LogP contribution in [0, 0.1) is 18.3 Å². The fraction of sp³-hybridized carbons (Fsp3) is 0. The maximum Gasteiger partial charge on any atom is 0.0856 e. The van der Waals surface area contributed by atoms with Gasteiger partial charge in [0.15, 0.2) is 0 Å². The van der Waals surface area contributed by atoms with Crippen molar-refractivity contribution in [1.82, 2.24) is 0 Å². The third-order valence-electron chi connectivity index (χ3n) is 1.06. The van der Waals surface area contributed by atoms with Gasteiger partial charge in [0.2, 0.25) is 0 Å². The van der Waals surface area contributed by atoms with Crippen molar-refractivity contribution >= 4 is 17.0 Å². The predicted octanol–water partition coefficient (Wildman–Crippen LogP) is 2.32. The van der Waals surface area contributed by atoms with E-state index in [0.717, 1.165) is 5.56 Å². The Kier molecular flexibility index (Phi) is 7.73. The van der Waals surface area contributed by atoms with Gasteiger partial charge in [-0.25, -0.2) is 0 Å². The van der Waals surface area contributed by atoms with Gasteiger partial charge >= 0.3 is 0 Å². The second-order valence-corrected chi connectivity index (χ2v) is 1.81. The van der Waals surface area contributed by atoms with Gasteiger partial charge in [-0.15, -0.1) is 29.1 Å². The van der Waals surface area contributed by atoms with Crippen molar-refractivity contribution in [1.29, 1.82) is 5.26 Å². The fourth-order valence-electron chi connectivity index (χ4n) is 0.641. The number of benzene rings is 1. The topological polar surface area (TPSA) is 23.8 Å². The Hall–Kier alpha value is -0.317. The van der Waals surface area contributed by atoms with Crippen LogP contribution in [-0.4, -0.2) is 0 Å². The molecule has 1 nitrogen and oxygen atoms in total. The van der Waals surface area contributed by atoms with Gasteiger partial charge in [0, 0.05) is 19.5 Å². The predicted molar refractivity (Wildman–Crippen MR) is 45.9 cm³/mol. The Labute approximate surface area is 89.9 Å². The number of rotatable bonds is 0. The first-order chi connectivity index (χ1) is 4.33. The molecule has 0 aliphatic rings. The molecule has 0 amide bonds. The van der Waals surface area contributed by atoms with Gasteiger partial charge in [0.25, 0.3) is 0 Å². The fourth-order valence-corrected chi connectivity index (χ4v) is 0.641. The minimum absolute atomic E-state index is 0. The first-order valence-electron chi connectivity index (χ1n) is 2.65. The largest absolute Gasteiger partial charge is 0.199 e. The number of hydrogen-bond donors (Lipinski definition) is 0. The minimum Gasteiger partial charge on any atom is -0.199 e. The zero-order valence-electron chi connectivity index (χ0n) is 6.08. The van der Waals surface area contributed by atoms with Crippen molar-refractivity contribution in [3.63, 3.8) is 0 Å². The van der Waals surface area contributed by atoms with Crippen molar-refractivity contribution < 1.29 is 19.5 Å². The molecule has 0 saturated heterocycles. The minimum atomic E-state index is 0. The normalized spacial score (nSPS) is 6.82. The molecule has 0 radical (unpaired) electrons. The maximum atomic E-state index is 8.38. The molecule has 0 atom stereocenters. The van der Waals surface area contributed by atoms with Crippen LogP contribution < -0.4 is 0 Å². The zero-order chi connectivity index (χ0) is 6.69. The Morgan fingerprint density at radius 3 is 2.36 bits per heavy atom. The van der Waals surface area contributed by atoms with Crippen LogP contribution >= 0.6 is 17.0 Å². The molecule has 1 aromatic rings. The molecule has 3 heteroatoms. The quantitative estimate of drug-likeness (QED) is 0.520. The van der Waals surface area contributed by atoms with Gasteiger partial charge in [-0.3, -0.25) is 0 Å². The van der Waals surface area contributed by atoms with E-state index in [1.54, 1.807) is 12.1 Å². The number of nitriles is 1. The van der Waals surface area contributed by atoms with E-state index in [1.807, 2.05) is 18.2 Å². The average Bonchev–Trinajstić information content (AvgIpc) is 1.88. The molecule has 0 heterocycles. The molecule has 0 fully saturated rings. The van der Waals surface area contributed by atoms with Crippen molar-refractivity contribution in [3.05, 3.63) is 42.3 Å². The molecule has 0 aliphatic heterocycles. The number of hydrogen-bond acceptors (Lipinski definition) is 1. The van der Waals surface area contributed by atoms with Crippen LogP contribution in [0.4, 0.5) is 0 Å². The molecule has 1 aromatic carbocycles. The van der Waals surface area contributed by atoms with E-state index in [2.05, 4.69) is 6.92 Å². The third-order valence-corrected chi connectivity index (χ3v) is 1.06. The molecule has 0 N–H and O–H groups in total. The van der Waals surface area contributed by atoms with Gasteiger partial charge in [-0.2, -0.15) is 23.8 Å². The Morgan fingerprint density at radius 1 is 1.36 bits per heavy atom. The molecule has 0 saturated carbocycles. The molecule has 0 bridgehead atoms. The molecule has 0 unspecified atom stereocenters. The van der Waals surface area contributed by atoms with Crippen LogP contribution in [0.15, 0.2) is 24.3 Å². The van der Waals surface area contributed by atoms with E-state index in [1.165, 1.54) is 0 Å². The van der Waals surface area contributed by atoms with Crippen LogP contribution in [0.25, 0.3) is 0 Å². The molecular weight excluding hydrogens is 255 g/mol. The summed E-state index contributed by atoms with van der Waals surface area (Å²) in [5.41, 5.74) is 1.55. The second kappa shape index (κ2) is 6.40. The molecule has 1 rings (SSSR count). The summed E-state index contributed by atoms with van der Waals surface area (Å²) in [5.74, 6) is 0. The summed E-state index contributed by atoms with van der Waals surface area (Å²) in [6.07, 6.45) is 0. The molecular formula is C8H7BrNZn-. The summed E-state index contributed by atoms with van der Waals surface area (Å²) in [7, 11) is 0. The van der Waals surface area contributed by atoms with E-state index in [9.17, 15) is 0 Å². The van der Waals surface area contributed by atoms with E-state index in [-0.39, 0.29) is 36.5 Å². The van der Waals surface area contributed by atoms with Gasteiger partial charge in [-0.05, 0) is 5.56 Å². The maximum absolute atomic E-state index is 8.38. The Morgan fingerprint density at radius 2 is 2.00 bits per heavy atom. The summed E-state index contributed by atoms with van der Waals surface area (Å²) in [4.78, 5) is 0. The first-order valence-corrected chi connectivity index (χ1v) is 2.65. The standard InChI is InChI=1S/C8H6N.BrH.Zn/c1-7-3-2-4-8(5-7)6-9;;/h2-5H,1H2;1H;/q-1;;. The van der Waals surface area contributed by atoms with E-state index >= 15 is 0 Å². The summed E-state index contributed by atoms with van der Waals surface area (Å²) in [6, 6.07) is 9.22. The smallest absolute Gasteiger partial charge is 0.0856 e. The molecule has 54 valence electrons. The van der Waals surface area contributed by atoms with Gasteiger partial charge < -0.3 is 0 Å². The molecule has 0 aliphatic carbocycles. The van der Waals surface area contributed by atoms with Crippen LogP contribution in [0.5, 0.6) is 0 Å². The third kappa shape index (κ3) is 4.19. The van der Waals surface area contributed by atoms with Crippen LogP contribution in [0.1, 0.15) is 11.1 Å². The van der Waals surface area contributed by atoms with Crippen molar-refractivity contribution in [2.45, 2.75) is 0 Å². The first kappa shape index (κ1) is 13.3. The summed E-state index contributed by atoms with van der Waals surface area (Å²) < 4.78 is 0. The summed E-state index contributed by atoms with van der Waals surface area (Å²) >= 11 is 0. The van der Waals surface area contributed by atoms with Gasteiger partial charge in [-0.1, -0.05) is 6.07 Å². The molecule has 0 spiro atoms. The Bertz CT molecular complexity index is 255. The summed E-state index contributed by atoms with van der Waals surface area (Å²) in [6.45, 7) is 3.68. The van der Waals surface area contributed by atoms with Crippen molar-refractivity contribution in [2.24, 2.45) is 0 Å². The van der Waals surface area contributed by atoms with Gasteiger partial charge in [0.1, 0.15) is 0 Å². The summed E-state index contributed by atoms with van der Waals surface area (Å²) in [5, 5.41) is 8.38. The van der Waals surface area contributed by atoms with Gasteiger partial charge in [0.05, 0.1) is 6.07 Å². The number of nitrogens with zero attached hydrogens (tertiary/aromatic N) is 1. The molecule has 11 heavy (non-hydrogen) atoms. The van der Waals surface area contributed by atoms with Crippen molar-refractivity contribution in [2.75, 3.05) is 0 Å². The second-order valence-electron chi connectivity index (χ2n) is 1.81. The van der Waals surface area contributed by atoms with Crippen LogP contribution in [0.3, 0.4) is 0 Å². The number of halogens is 1. The SMILES string of the molecule is Br.[CH2-]c1cccc(C#N)c1.[Zn]. The van der Waals surface area contributed by atoms with E-state index < -0.39 is 0 Å². The zero-order valence-corrected chi connectivity index (χ0v) is 10.8. The van der Waals surface area contributed by atoms with Crippen molar-refractivity contribution in [3.8, 4) is 6.07 Å². The van der Waals surface area contributed by atoms with Crippen LogP contribution in [-0.2, 0) is 19.5 Å². The van der Waals surface area contributed by atoms with E-state index in [4.69, 9.17) is 5.26 Å². The van der Waals surface area contributed by atoms with E-state index in [0.29, 0.717) is 5.56 Å². The molecule has 0 aromatic heterocycles. The average molecular weight is 262 g/mol. The van der Waals surface area contributed by atoms with Crippen LogP contribution in [0.2, 0.25) is 0 Å². The monoisotopic (exact) mass is 260 g/mol.